The molecular weight excluding hydrogens is 517 g/mol. The van der Waals surface area contributed by atoms with Crippen LogP contribution < -0.4 is 19.1 Å². The molecule has 0 fully saturated rings. The SMILES string of the molecule is CCOc1cc2c(c(F)c1OC)/C(=N/Br)N(CC(=O)c1cc(N(C)C)c(OC)c(C(C)(C)C)c1)C2. The fraction of sp³-hybridized carbons (Fsp3) is 0.462. The first-order chi connectivity index (χ1) is 16.5. The third-order valence-corrected chi connectivity index (χ3v) is 6.29. The summed E-state index contributed by atoms with van der Waals surface area (Å²) in [5, 5.41) is 0. The molecule has 3 rings (SSSR count). The zero-order valence-electron chi connectivity index (χ0n) is 21.6. The predicted octanol–water partition coefficient (Wildman–Crippen LogP) is 5.36. The van der Waals surface area contributed by atoms with Crippen LogP contribution in [0.5, 0.6) is 17.2 Å². The number of anilines is 1. The first kappa shape index (κ1) is 26.8. The molecule has 0 saturated heterocycles. The lowest BCUT2D eigenvalue weighted by molar-refractivity contribution is 0.0963. The van der Waals surface area contributed by atoms with Crippen LogP contribution in [0.25, 0.3) is 0 Å². The molecule has 0 unspecified atom stereocenters. The fourth-order valence-electron chi connectivity index (χ4n) is 4.29. The molecule has 0 saturated carbocycles. The Kier molecular flexibility index (Phi) is 7.99. The summed E-state index contributed by atoms with van der Waals surface area (Å²) >= 11 is 3.12. The van der Waals surface area contributed by atoms with Crippen LogP contribution >= 0.6 is 16.1 Å². The number of amidine groups is 1. The van der Waals surface area contributed by atoms with Crippen LogP contribution in [-0.2, 0) is 12.0 Å². The van der Waals surface area contributed by atoms with E-state index in [-0.39, 0.29) is 23.5 Å². The van der Waals surface area contributed by atoms with Crippen LogP contribution in [0.1, 0.15) is 54.7 Å². The average Bonchev–Trinajstić information content (AvgIpc) is 3.14. The molecule has 2 aromatic rings. The number of fused-ring (bicyclic) bond motifs is 1. The third kappa shape index (κ3) is 5.10. The van der Waals surface area contributed by atoms with E-state index in [0.29, 0.717) is 41.4 Å². The van der Waals surface area contributed by atoms with Crippen LogP contribution in [0.15, 0.2) is 22.2 Å². The molecule has 9 heteroatoms. The minimum Gasteiger partial charge on any atom is -0.494 e. The van der Waals surface area contributed by atoms with Gasteiger partial charge in [0.1, 0.15) is 11.6 Å². The lowest BCUT2D eigenvalue weighted by Crippen LogP contribution is -2.31. The molecule has 1 heterocycles. The molecule has 190 valence electrons. The number of carbonyl (C=O) groups excluding carboxylic acids is 1. The highest BCUT2D eigenvalue weighted by Crippen LogP contribution is 2.41. The summed E-state index contributed by atoms with van der Waals surface area (Å²) in [7, 11) is 6.86. The summed E-state index contributed by atoms with van der Waals surface area (Å²) in [6, 6.07) is 5.47. The molecule has 0 amide bonds. The Morgan fingerprint density at radius 3 is 2.34 bits per heavy atom. The van der Waals surface area contributed by atoms with Gasteiger partial charge in [0, 0.05) is 31.8 Å². The number of methoxy groups -OCH3 is 2. The van der Waals surface area contributed by atoms with Gasteiger partial charge in [0.15, 0.2) is 23.1 Å². The summed E-state index contributed by atoms with van der Waals surface area (Å²) in [4.78, 5) is 17.2. The number of ketones is 1. The highest BCUT2D eigenvalue weighted by atomic mass is 79.9. The summed E-state index contributed by atoms with van der Waals surface area (Å²) in [6.07, 6.45) is 0. The number of rotatable bonds is 8. The van der Waals surface area contributed by atoms with Crippen LogP contribution in [-0.4, -0.2) is 58.0 Å². The van der Waals surface area contributed by atoms with Crippen molar-refractivity contribution in [3.05, 3.63) is 46.3 Å². The highest BCUT2D eigenvalue weighted by Gasteiger charge is 2.34. The molecule has 0 spiro atoms. The van der Waals surface area contributed by atoms with Gasteiger partial charge in [-0.3, -0.25) is 4.79 Å². The van der Waals surface area contributed by atoms with E-state index in [4.69, 9.17) is 14.2 Å². The average molecular weight is 550 g/mol. The van der Waals surface area contributed by atoms with Gasteiger partial charge in [-0.2, -0.15) is 4.02 Å². The topological polar surface area (TPSA) is 63.6 Å². The van der Waals surface area contributed by atoms with E-state index in [1.54, 1.807) is 18.1 Å². The lowest BCUT2D eigenvalue weighted by atomic mass is 9.84. The molecule has 7 nitrogen and oxygen atoms in total. The first-order valence-corrected chi connectivity index (χ1v) is 12.1. The van der Waals surface area contributed by atoms with E-state index in [1.807, 2.05) is 38.1 Å². The van der Waals surface area contributed by atoms with Gasteiger partial charge in [0.05, 0.1) is 54.8 Å². The van der Waals surface area contributed by atoms with Crippen molar-refractivity contribution in [3.63, 3.8) is 0 Å². The van der Waals surface area contributed by atoms with E-state index in [9.17, 15) is 4.79 Å². The molecule has 0 radical (unpaired) electrons. The van der Waals surface area contributed by atoms with Crippen molar-refractivity contribution in [2.75, 3.05) is 46.4 Å². The number of ether oxygens (including phenoxy) is 3. The molecule has 35 heavy (non-hydrogen) atoms. The minimum absolute atomic E-state index is 0.0213. The predicted molar refractivity (Wildman–Crippen MR) is 140 cm³/mol. The van der Waals surface area contributed by atoms with Crippen LogP contribution in [0, 0.1) is 5.82 Å². The summed E-state index contributed by atoms with van der Waals surface area (Å²) < 4.78 is 36.1. The Bertz CT molecular complexity index is 1160. The Morgan fingerprint density at radius 2 is 1.83 bits per heavy atom. The van der Waals surface area contributed by atoms with Crippen LogP contribution in [0.2, 0.25) is 0 Å². The molecule has 2 aromatic carbocycles. The number of carbonyl (C=O) groups is 1. The Morgan fingerprint density at radius 1 is 1.17 bits per heavy atom. The second-order valence-electron chi connectivity index (χ2n) is 9.60. The fourth-order valence-corrected chi connectivity index (χ4v) is 4.69. The van der Waals surface area contributed by atoms with Gasteiger partial charge in [-0.1, -0.05) is 20.8 Å². The third-order valence-electron chi connectivity index (χ3n) is 5.96. The number of nitrogens with zero attached hydrogens (tertiary/aromatic N) is 3. The summed E-state index contributed by atoms with van der Waals surface area (Å²) in [5.41, 5.74) is 3.04. The van der Waals surface area contributed by atoms with Crippen LogP contribution in [0.4, 0.5) is 10.1 Å². The van der Waals surface area contributed by atoms with E-state index >= 15 is 4.39 Å². The van der Waals surface area contributed by atoms with Gasteiger partial charge in [-0.25, -0.2) is 4.39 Å². The first-order valence-electron chi connectivity index (χ1n) is 11.4. The number of Topliss-reactive ketones (excluding diaryl/α,β-unsaturated/α-hetero) is 1. The van der Waals surface area contributed by atoms with E-state index in [1.165, 1.54) is 7.11 Å². The van der Waals surface area contributed by atoms with E-state index in [2.05, 4.69) is 40.9 Å². The number of halogens is 2. The van der Waals surface area contributed by atoms with Crippen molar-refractivity contribution in [1.82, 2.24) is 4.90 Å². The van der Waals surface area contributed by atoms with Gasteiger partial charge < -0.3 is 24.0 Å². The maximum absolute atomic E-state index is 15.4. The number of hydrogen-bond acceptors (Lipinski definition) is 6. The molecule has 0 aliphatic carbocycles. The standard InChI is InChI=1S/C26H33BrFN3O4/c1-9-35-20-12-16-13-31(25(29-27)21(16)22(28)24(20)34-8)14-19(32)15-10-17(26(2,3)4)23(33-7)18(11-15)30(5)6/h10-12H,9,13-14H2,1-8H3/b29-25-. The lowest BCUT2D eigenvalue weighted by Gasteiger charge is -2.27. The minimum atomic E-state index is -0.559. The smallest absolute Gasteiger partial charge is 0.197 e. The highest BCUT2D eigenvalue weighted by molar-refractivity contribution is 9.08. The second kappa shape index (κ2) is 10.4. The zero-order valence-corrected chi connectivity index (χ0v) is 23.2. The zero-order chi connectivity index (χ0) is 26.1. The summed E-state index contributed by atoms with van der Waals surface area (Å²) in [5.74, 6) is 0.760. The van der Waals surface area contributed by atoms with Crippen LogP contribution in [0.3, 0.4) is 0 Å². The van der Waals surface area contributed by atoms with E-state index in [0.717, 1.165) is 17.0 Å². The Balaban J connectivity index is 2.01. The molecule has 0 aromatic heterocycles. The maximum Gasteiger partial charge on any atom is 0.197 e. The quantitative estimate of drug-likeness (QED) is 0.413. The van der Waals surface area contributed by atoms with Gasteiger partial charge in [-0.05, 0) is 36.1 Å². The van der Waals surface area contributed by atoms with Crippen molar-refractivity contribution in [2.45, 2.75) is 39.7 Å². The Hall–Kier alpha value is -2.81. The van der Waals surface area contributed by atoms with E-state index < -0.39 is 5.82 Å². The van der Waals surface area contributed by atoms with Crippen molar-refractivity contribution >= 4 is 33.5 Å². The monoisotopic (exact) mass is 549 g/mol. The van der Waals surface area contributed by atoms with Gasteiger partial charge in [0.25, 0.3) is 0 Å². The maximum atomic E-state index is 15.4. The number of hydrogen-bond donors (Lipinski definition) is 0. The molecule has 1 aliphatic heterocycles. The number of benzene rings is 2. The normalized spacial score (nSPS) is 14.2. The molecule has 0 N–H and O–H groups in total. The molecule has 0 atom stereocenters. The van der Waals surface area contributed by atoms with Crippen molar-refractivity contribution in [3.8, 4) is 17.2 Å². The van der Waals surface area contributed by atoms with Crippen molar-refractivity contribution in [1.29, 1.82) is 0 Å². The molecule has 1 aliphatic rings. The van der Waals surface area contributed by atoms with Crippen molar-refractivity contribution in [2.24, 2.45) is 4.02 Å². The van der Waals surface area contributed by atoms with Crippen molar-refractivity contribution < 1.29 is 23.4 Å². The van der Waals surface area contributed by atoms with Gasteiger partial charge in [0.2, 0.25) is 0 Å². The van der Waals surface area contributed by atoms with Gasteiger partial charge >= 0.3 is 0 Å². The Labute approximate surface area is 215 Å². The van der Waals surface area contributed by atoms with Gasteiger partial charge in [-0.15, -0.1) is 0 Å². The second-order valence-corrected chi connectivity index (χ2v) is 9.95. The molecular formula is C26H33BrFN3O4. The molecule has 0 bridgehead atoms. The largest absolute Gasteiger partial charge is 0.494 e. The summed E-state index contributed by atoms with van der Waals surface area (Å²) in [6.45, 7) is 8.77.